The number of ketones is 1. The monoisotopic (exact) mass is 199 g/mol. The Morgan fingerprint density at radius 1 is 1.50 bits per heavy atom. The largest absolute Gasteiger partial charge is 0.368 e. The molecule has 1 heterocycles. The van der Waals surface area contributed by atoms with Gasteiger partial charge in [0.15, 0.2) is 5.78 Å². The molecule has 3 nitrogen and oxygen atoms in total. The highest BCUT2D eigenvalue weighted by Gasteiger charge is 2.36. The molecule has 0 aromatic rings. The lowest BCUT2D eigenvalue weighted by Crippen LogP contribution is -2.50. The third kappa shape index (κ3) is 3.07. The zero-order valence-electron chi connectivity index (χ0n) is 9.59. The Balaban J connectivity index is 2.58. The predicted molar refractivity (Wildman–Crippen MR) is 56.3 cm³/mol. The molecule has 82 valence electrons. The van der Waals surface area contributed by atoms with Crippen molar-refractivity contribution >= 4 is 5.78 Å². The Bertz CT molecular complexity index is 208. The lowest BCUT2D eigenvalue weighted by Gasteiger charge is -2.27. The standard InChI is InChI=1S/C11H21NO2/c1-5-6-9-10(8(13)7-14-9)12-11(2,3)4/h9-10,12H,5-7H2,1-4H3. The van der Waals surface area contributed by atoms with Crippen LogP contribution in [0, 0.1) is 0 Å². The molecule has 1 aliphatic rings. The van der Waals surface area contributed by atoms with E-state index in [-0.39, 0.29) is 30.1 Å². The van der Waals surface area contributed by atoms with E-state index in [1.54, 1.807) is 0 Å². The van der Waals surface area contributed by atoms with Crippen LogP contribution >= 0.6 is 0 Å². The first-order valence-corrected chi connectivity index (χ1v) is 5.36. The third-order valence-electron chi connectivity index (χ3n) is 2.32. The van der Waals surface area contributed by atoms with Gasteiger partial charge in [-0.1, -0.05) is 13.3 Å². The maximum Gasteiger partial charge on any atom is 0.177 e. The van der Waals surface area contributed by atoms with Crippen LogP contribution in [0.4, 0.5) is 0 Å². The first-order chi connectivity index (χ1) is 6.44. The van der Waals surface area contributed by atoms with Crippen molar-refractivity contribution < 1.29 is 9.53 Å². The van der Waals surface area contributed by atoms with E-state index >= 15 is 0 Å². The molecule has 14 heavy (non-hydrogen) atoms. The molecular formula is C11H21NO2. The van der Waals surface area contributed by atoms with Gasteiger partial charge in [0.2, 0.25) is 0 Å². The second-order valence-electron chi connectivity index (χ2n) is 4.98. The van der Waals surface area contributed by atoms with E-state index < -0.39 is 0 Å². The van der Waals surface area contributed by atoms with E-state index in [0.717, 1.165) is 12.8 Å². The highest BCUT2D eigenvalue weighted by Crippen LogP contribution is 2.18. The fraction of sp³-hybridized carbons (Fsp3) is 0.909. The number of carbonyl (C=O) groups excluding carboxylic acids is 1. The number of carbonyl (C=O) groups is 1. The van der Waals surface area contributed by atoms with Gasteiger partial charge in [0.05, 0.1) is 12.1 Å². The van der Waals surface area contributed by atoms with E-state index in [2.05, 4.69) is 33.0 Å². The highest BCUT2D eigenvalue weighted by molar-refractivity contribution is 5.87. The van der Waals surface area contributed by atoms with Crippen LogP contribution in [0.15, 0.2) is 0 Å². The topological polar surface area (TPSA) is 38.3 Å². The van der Waals surface area contributed by atoms with Gasteiger partial charge in [-0.05, 0) is 27.2 Å². The fourth-order valence-electron chi connectivity index (χ4n) is 1.76. The number of ether oxygens (including phenoxy) is 1. The van der Waals surface area contributed by atoms with Gasteiger partial charge in [-0.2, -0.15) is 0 Å². The summed E-state index contributed by atoms with van der Waals surface area (Å²) in [6, 6.07) is -0.102. The SMILES string of the molecule is CCCC1OCC(=O)C1NC(C)(C)C. The predicted octanol–water partition coefficient (Wildman–Crippen LogP) is 1.51. The first-order valence-electron chi connectivity index (χ1n) is 5.36. The molecule has 0 aliphatic carbocycles. The summed E-state index contributed by atoms with van der Waals surface area (Å²) in [6.45, 7) is 8.60. The Morgan fingerprint density at radius 3 is 2.64 bits per heavy atom. The average Bonchev–Trinajstić information content (AvgIpc) is 2.34. The zero-order valence-corrected chi connectivity index (χ0v) is 9.59. The molecule has 1 rings (SSSR count). The van der Waals surface area contributed by atoms with Crippen LogP contribution in [0.3, 0.4) is 0 Å². The van der Waals surface area contributed by atoms with Crippen molar-refractivity contribution in [3.8, 4) is 0 Å². The van der Waals surface area contributed by atoms with Gasteiger partial charge in [-0.25, -0.2) is 0 Å². The quantitative estimate of drug-likeness (QED) is 0.748. The summed E-state index contributed by atoms with van der Waals surface area (Å²) in [5.74, 6) is 0.193. The summed E-state index contributed by atoms with van der Waals surface area (Å²) in [4.78, 5) is 11.5. The van der Waals surface area contributed by atoms with Crippen LogP contribution in [-0.4, -0.2) is 30.1 Å². The van der Waals surface area contributed by atoms with Gasteiger partial charge >= 0.3 is 0 Å². The van der Waals surface area contributed by atoms with Crippen molar-refractivity contribution in [2.75, 3.05) is 6.61 Å². The summed E-state index contributed by atoms with van der Waals surface area (Å²) >= 11 is 0. The van der Waals surface area contributed by atoms with Gasteiger partial charge in [0.1, 0.15) is 6.61 Å². The third-order valence-corrected chi connectivity index (χ3v) is 2.32. The van der Waals surface area contributed by atoms with E-state index in [9.17, 15) is 4.79 Å². The van der Waals surface area contributed by atoms with Gasteiger partial charge in [0, 0.05) is 5.54 Å². The number of Topliss-reactive ketones (excluding diaryl/α,β-unsaturated/α-hetero) is 1. The van der Waals surface area contributed by atoms with Crippen LogP contribution in [0.1, 0.15) is 40.5 Å². The maximum atomic E-state index is 11.5. The summed E-state index contributed by atoms with van der Waals surface area (Å²) in [6.07, 6.45) is 2.09. The molecule has 1 saturated heterocycles. The van der Waals surface area contributed by atoms with Crippen molar-refractivity contribution in [1.29, 1.82) is 0 Å². The number of hydrogen-bond donors (Lipinski definition) is 1. The molecule has 0 aromatic carbocycles. The fourth-order valence-corrected chi connectivity index (χ4v) is 1.76. The van der Waals surface area contributed by atoms with E-state index in [0.29, 0.717) is 0 Å². The Kier molecular flexibility index (Phi) is 3.67. The molecule has 0 aromatic heterocycles. The zero-order chi connectivity index (χ0) is 10.8. The molecule has 1 fully saturated rings. The summed E-state index contributed by atoms with van der Waals surface area (Å²) in [5.41, 5.74) is -0.0278. The van der Waals surface area contributed by atoms with Crippen molar-refractivity contribution in [3.05, 3.63) is 0 Å². The van der Waals surface area contributed by atoms with Gasteiger partial charge in [0.25, 0.3) is 0 Å². The Labute approximate surface area is 86.2 Å². The number of hydrogen-bond acceptors (Lipinski definition) is 3. The molecule has 0 amide bonds. The number of rotatable bonds is 3. The van der Waals surface area contributed by atoms with Gasteiger partial charge in [-0.3, -0.25) is 4.79 Å². The molecular weight excluding hydrogens is 178 g/mol. The molecule has 2 unspecified atom stereocenters. The van der Waals surface area contributed by atoms with Gasteiger partial charge in [-0.15, -0.1) is 0 Å². The highest BCUT2D eigenvalue weighted by atomic mass is 16.5. The molecule has 0 saturated carbocycles. The lowest BCUT2D eigenvalue weighted by atomic mass is 10.0. The molecule has 0 radical (unpaired) electrons. The first kappa shape index (κ1) is 11.7. The molecule has 1 N–H and O–H groups in total. The van der Waals surface area contributed by atoms with Crippen LogP contribution < -0.4 is 5.32 Å². The molecule has 2 atom stereocenters. The average molecular weight is 199 g/mol. The van der Waals surface area contributed by atoms with E-state index in [4.69, 9.17) is 4.74 Å². The molecule has 3 heteroatoms. The normalized spacial score (nSPS) is 28.4. The van der Waals surface area contributed by atoms with Crippen LogP contribution in [-0.2, 0) is 9.53 Å². The van der Waals surface area contributed by atoms with Crippen molar-refractivity contribution in [2.24, 2.45) is 0 Å². The lowest BCUT2D eigenvalue weighted by molar-refractivity contribution is -0.119. The molecule has 0 spiro atoms. The second-order valence-corrected chi connectivity index (χ2v) is 4.98. The van der Waals surface area contributed by atoms with Crippen molar-refractivity contribution in [2.45, 2.75) is 58.2 Å². The smallest absolute Gasteiger partial charge is 0.177 e. The minimum atomic E-state index is -0.102. The minimum Gasteiger partial charge on any atom is -0.368 e. The molecule has 0 bridgehead atoms. The van der Waals surface area contributed by atoms with Gasteiger partial charge < -0.3 is 10.1 Å². The van der Waals surface area contributed by atoms with Crippen molar-refractivity contribution in [1.82, 2.24) is 5.32 Å². The molecule has 1 aliphatic heterocycles. The summed E-state index contributed by atoms with van der Waals surface area (Å²) < 4.78 is 5.45. The van der Waals surface area contributed by atoms with E-state index in [1.807, 2.05) is 0 Å². The van der Waals surface area contributed by atoms with E-state index in [1.165, 1.54) is 0 Å². The Morgan fingerprint density at radius 2 is 2.14 bits per heavy atom. The summed E-state index contributed by atoms with van der Waals surface area (Å²) in [5, 5.41) is 3.33. The Hall–Kier alpha value is -0.410. The summed E-state index contributed by atoms with van der Waals surface area (Å²) in [7, 11) is 0. The van der Waals surface area contributed by atoms with Crippen LogP contribution in [0.5, 0.6) is 0 Å². The van der Waals surface area contributed by atoms with Crippen LogP contribution in [0.25, 0.3) is 0 Å². The van der Waals surface area contributed by atoms with Crippen LogP contribution in [0.2, 0.25) is 0 Å². The maximum absolute atomic E-state index is 11.5. The minimum absolute atomic E-state index is 0.0278. The second kappa shape index (κ2) is 4.41. The number of nitrogens with one attached hydrogen (secondary N) is 1. The van der Waals surface area contributed by atoms with Crippen molar-refractivity contribution in [3.63, 3.8) is 0 Å².